The van der Waals surface area contributed by atoms with Gasteiger partial charge in [0.15, 0.2) is 5.82 Å². The fraction of sp³-hybridized carbons (Fsp3) is 0.351. The monoisotopic (exact) mass is 695 g/mol. The summed E-state index contributed by atoms with van der Waals surface area (Å²) in [6.45, 7) is 5.87. The van der Waals surface area contributed by atoms with E-state index in [9.17, 15) is 14.4 Å². The lowest BCUT2D eigenvalue weighted by Crippen LogP contribution is -2.44. The van der Waals surface area contributed by atoms with Gasteiger partial charge in [0.25, 0.3) is 11.8 Å². The van der Waals surface area contributed by atoms with Crippen molar-refractivity contribution in [2.24, 2.45) is 12.5 Å². The number of pyridine rings is 1. The lowest BCUT2D eigenvalue weighted by atomic mass is 9.85. The molecular formula is C37H38ClN7O5. The van der Waals surface area contributed by atoms with Gasteiger partial charge in [0.05, 0.1) is 42.4 Å². The Morgan fingerprint density at radius 1 is 1.08 bits per heavy atom. The molecule has 2 aromatic carbocycles. The van der Waals surface area contributed by atoms with Gasteiger partial charge in [-0.2, -0.15) is 0 Å². The number of carbonyl (C=O) groups excluding carboxylic acids is 3. The molecule has 0 unspecified atom stereocenters. The first-order chi connectivity index (χ1) is 24.1. The predicted molar refractivity (Wildman–Crippen MR) is 189 cm³/mol. The number of aromatic nitrogens is 3. The van der Waals surface area contributed by atoms with Crippen LogP contribution >= 0.6 is 11.6 Å². The Morgan fingerprint density at radius 2 is 1.82 bits per heavy atom. The Bertz CT molecular complexity index is 2070. The van der Waals surface area contributed by atoms with Crippen LogP contribution in [0.15, 0.2) is 54.4 Å². The number of carbonyl (C=O) groups is 2. The smallest absolute Gasteiger partial charge is 0.291 e. The van der Waals surface area contributed by atoms with Crippen LogP contribution in [0.2, 0.25) is 5.02 Å². The van der Waals surface area contributed by atoms with E-state index in [4.69, 9.17) is 21.1 Å². The maximum Gasteiger partial charge on any atom is 0.291 e. The number of likely N-dealkylation sites (N-methyl/N-ethyl adjacent to an activating group) is 1. The molecule has 3 aliphatic rings. The Kier molecular flexibility index (Phi) is 8.96. The predicted octanol–water partition coefficient (Wildman–Crippen LogP) is 4.88. The highest BCUT2D eigenvalue weighted by atomic mass is 35.5. The standard InChI is InChI=1S/C37H38ClN7O5/c1-22-25(26-8-6-10-28(33(26)38)42-36(48)34-40-30-17-43(2)12-11-31(30)44(34)3)7-5-9-27(22)41-35(47)29-13-32(49-4)23(15-39-29)16-45-19-37(20-50-21-37)14-24(45)18-46/h5-10,13,15H,11-12,14,16-17,19-21H2,1-4H3,(H,41,47)(H,42,48). The first-order valence-corrected chi connectivity index (χ1v) is 16.8. The van der Waals surface area contributed by atoms with E-state index in [1.165, 1.54) is 0 Å². The van der Waals surface area contributed by atoms with Crippen molar-refractivity contribution in [1.82, 2.24) is 24.3 Å². The van der Waals surface area contributed by atoms with Crippen LogP contribution in [-0.2, 0) is 36.1 Å². The lowest BCUT2D eigenvalue weighted by Gasteiger charge is -2.37. The molecule has 2 aromatic heterocycles. The molecule has 13 heteroatoms. The van der Waals surface area contributed by atoms with E-state index >= 15 is 0 Å². The molecule has 3 aliphatic heterocycles. The first-order valence-electron chi connectivity index (χ1n) is 16.4. The summed E-state index contributed by atoms with van der Waals surface area (Å²) in [5.41, 5.74) is 6.80. The number of ether oxygens (including phenoxy) is 2. The second kappa shape index (κ2) is 13.4. The number of nitrogens with zero attached hydrogens (tertiary/aromatic N) is 5. The summed E-state index contributed by atoms with van der Waals surface area (Å²) < 4.78 is 12.9. The van der Waals surface area contributed by atoms with Gasteiger partial charge in [0.2, 0.25) is 0 Å². The Labute approximate surface area is 295 Å². The Morgan fingerprint density at radius 3 is 2.54 bits per heavy atom. The van der Waals surface area contributed by atoms with Crippen LogP contribution in [-0.4, -0.2) is 82.6 Å². The summed E-state index contributed by atoms with van der Waals surface area (Å²) in [6, 6.07) is 12.6. The van der Waals surface area contributed by atoms with E-state index < -0.39 is 5.91 Å². The third-order valence-electron chi connectivity index (χ3n) is 9.91. The van der Waals surface area contributed by atoms with Crippen molar-refractivity contribution < 1.29 is 23.9 Å². The number of amides is 2. The zero-order chi connectivity index (χ0) is 35.2. The van der Waals surface area contributed by atoms with E-state index in [-0.39, 0.29) is 17.0 Å². The second-order valence-corrected chi connectivity index (χ2v) is 13.8. The average molecular weight is 696 g/mol. The minimum atomic E-state index is -0.411. The molecule has 0 radical (unpaired) electrons. The van der Waals surface area contributed by atoms with Gasteiger partial charge < -0.3 is 34.5 Å². The third-order valence-corrected chi connectivity index (χ3v) is 10.3. The Hall–Kier alpha value is -5.00. The van der Waals surface area contributed by atoms with Crippen molar-refractivity contribution >= 4 is 40.7 Å². The highest BCUT2D eigenvalue weighted by Crippen LogP contribution is 2.43. The molecular weight excluding hydrogens is 658 g/mol. The van der Waals surface area contributed by atoms with Crippen molar-refractivity contribution in [2.75, 3.05) is 51.1 Å². The van der Waals surface area contributed by atoms with Gasteiger partial charge in [-0.25, -0.2) is 9.78 Å². The van der Waals surface area contributed by atoms with Crippen LogP contribution in [0, 0.1) is 12.3 Å². The number of nitrogens with one attached hydrogen (secondary N) is 2. The second-order valence-electron chi connectivity index (χ2n) is 13.4. The summed E-state index contributed by atoms with van der Waals surface area (Å²) in [5.74, 6) is 2.17. The van der Waals surface area contributed by atoms with E-state index in [2.05, 4.69) is 31.4 Å². The molecule has 258 valence electrons. The molecule has 0 aliphatic carbocycles. The number of halogens is 1. The maximum atomic E-state index is 13.5. The molecule has 7 rings (SSSR count). The average Bonchev–Trinajstić information content (AvgIpc) is 3.64. The number of anilines is 2. The molecule has 0 saturated carbocycles. The van der Waals surface area contributed by atoms with Crippen molar-refractivity contribution in [1.29, 1.82) is 0 Å². The lowest BCUT2D eigenvalue weighted by molar-refractivity contribution is -0.105. The third kappa shape index (κ3) is 6.16. The number of hydrogen-bond acceptors (Lipinski definition) is 9. The number of hydrogen-bond donors (Lipinski definition) is 2. The van der Waals surface area contributed by atoms with Crippen molar-refractivity contribution in [2.45, 2.75) is 32.9 Å². The zero-order valence-corrected chi connectivity index (χ0v) is 29.2. The normalized spacial score (nSPS) is 16.5. The number of likely N-dealkylation sites (tertiary alicyclic amines) is 1. The molecule has 2 fully saturated rings. The summed E-state index contributed by atoms with van der Waals surface area (Å²) >= 11 is 6.92. The van der Waals surface area contributed by atoms with E-state index in [0.29, 0.717) is 78.5 Å². The van der Waals surface area contributed by atoms with Crippen LogP contribution in [0.25, 0.3) is 11.1 Å². The van der Waals surface area contributed by atoms with E-state index in [1.807, 2.05) is 60.8 Å². The molecule has 5 heterocycles. The fourth-order valence-electron chi connectivity index (χ4n) is 7.09. The summed E-state index contributed by atoms with van der Waals surface area (Å²) in [7, 11) is 5.44. The molecule has 1 spiro atoms. The van der Waals surface area contributed by atoms with Crippen LogP contribution < -0.4 is 15.4 Å². The summed E-state index contributed by atoms with van der Waals surface area (Å²) in [5, 5.41) is 6.30. The molecule has 0 atom stereocenters. The van der Waals surface area contributed by atoms with Crippen LogP contribution in [0.1, 0.15) is 50.0 Å². The molecule has 50 heavy (non-hydrogen) atoms. The number of rotatable bonds is 8. The van der Waals surface area contributed by atoms with Gasteiger partial charge in [0, 0.05) is 86.3 Å². The van der Waals surface area contributed by atoms with Gasteiger partial charge >= 0.3 is 0 Å². The highest BCUT2D eigenvalue weighted by molar-refractivity contribution is 6.36. The minimum absolute atomic E-state index is 0.0319. The highest BCUT2D eigenvalue weighted by Gasteiger charge is 2.47. The van der Waals surface area contributed by atoms with Crippen LogP contribution in [0.3, 0.4) is 0 Å². The number of imidazole rings is 1. The molecule has 2 amide bonds. The van der Waals surface area contributed by atoms with Gasteiger partial charge in [-0.05, 0) is 37.2 Å². The van der Waals surface area contributed by atoms with Crippen molar-refractivity contribution in [3.63, 3.8) is 0 Å². The number of benzene rings is 2. The molecule has 4 aromatic rings. The molecule has 2 saturated heterocycles. The SMILES string of the molecule is COc1cc(C(=O)Nc2cccc(-c3cccc(NC(=O)c4nc5c(n4C)CCN(C)C5)c3Cl)c2C)ncc1CN1CC2(COC2)CC1=C=O. The van der Waals surface area contributed by atoms with Gasteiger partial charge in [-0.15, -0.1) is 0 Å². The molecule has 2 N–H and O–H groups in total. The van der Waals surface area contributed by atoms with Crippen LogP contribution in [0.5, 0.6) is 5.75 Å². The molecule has 12 nitrogen and oxygen atoms in total. The Balaban J connectivity index is 1.08. The number of methoxy groups -OCH3 is 1. The van der Waals surface area contributed by atoms with Gasteiger partial charge in [-0.1, -0.05) is 35.9 Å². The van der Waals surface area contributed by atoms with E-state index in [1.54, 1.807) is 25.4 Å². The van der Waals surface area contributed by atoms with Gasteiger partial charge in [-0.3, -0.25) is 14.6 Å². The van der Waals surface area contributed by atoms with Crippen LogP contribution in [0.4, 0.5) is 11.4 Å². The number of fused-ring (bicyclic) bond motifs is 1. The summed E-state index contributed by atoms with van der Waals surface area (Å²) in [4.78, 5) is 51.8. The zero-order valence-electron chi connectivity index (χ0n) is 28.4. The first kappa shape index (κ1) is 33.5. The van der Waals surface area contributed by atoms with Crippen molar-refractivity contribution in [3.05, 3.63) is 93.4 Å². The topological polar surface area (TPSA) is 131 Å². The minimum Gasteiger partial charge on any atom is -0.496 e. The van der Waals surface area contributed by atoms with E-state index in [0.717, 1.165) is 41.0 Å². The van der Waals surface area contributed by atoms with Gasteiger partial charge in [0.1, 0.15) is 17.4 Å². The maximum absolute atomic E-state index is 13.5. The number of allylic oxidation sites excluding steroid dienone is 1. The quantitative estimate of drug-likeness (QED) is 0.248. The fourth-order valence-corrected chi connectivity index (χ4v) is 7.36. The van der Waals surface area contributed by atoms with Crippen molar-refractivity contribution in [3.8, 4) is 16.9 Å². The molecule has 0 bridgehead atoms. The largest absolute Gasteiger partial charge is 0.496 e. The summed E-state index contributed by atoms with van der Waals surface area (Å²) in [6.07, 6.45) is 3.08.